The van der Waals surface area contributed by atoms with Crippen LogP contribution in [0.3, 0.4) is 0 Å². The molecule has 0 spiro atoms. The third kappa shape index (κ3) is 2.51. The van der Waals surface area contributed by atoms with Gasteiger partial charge in [-0.1, -0.05) is 0 Å². The second kappa shape index (κ2) is 5.85. The second-order valence-electron chi connectivity index (χ2n) is 5.38. The minimum Gasteiger partial charge on any atom is -0.465 e. The lowest BCUT2D eigenvalue weighted by atomic mass is 9.98. The standard InChI is InChI=1S/C14H22BrN3O2/c1-5-20-13(19)14(16-4)7-6-11(8-14)18-10(3)12(15)9(2)17-18/h11,16H,5-8H2,1-4H3. The summed E-state index contributed by atoms with van der Waals surface area (Å²) < 4.78 is 8.31. The number of carbonyl (C=O) groups excluding carboxylic acids is 1. The van der Waals surface area contributed by atoms with E-state index < -0.39 is 5.54 Å². The largest absolute Gasteiger partial charge is 0.465 e. The van der Waals surface area contributed by atoms with Crippen molar-refractivity contribution in [2.45, 2.75) is 51.6 Å². The monoisotopic (exact) mass is 343 g/mol. The zero-order valence-corrected chi connectivity index (χ0v) is 14.1. The molecule has 1 fully saturated rings. The van der Waals surface area contributed by atoms with Crippen LogP contribution >= 0.6 is 15.9 Å². The average molecular weight is 344 g/mol. The van der Waals surface area contributed by atoms with E-state index in [4.69, 9.17) is 4.74 Å². The lowest BCUT2D eigenvalue weighted by molar-refractivity contribution is -0.150. The van der Waals surface area contributed by atoms with Gasteiger partial charge in [0.2, 0.25) is 0 Å². The number of likely N-dealkylation sites (N-methyl/N-ethyl adjacent to an activating group) is 1. The number of nitrogens with zero attached hydrogens (tertiary/aromatic N) is 2. The third-order valence-electron chi connectivity index (χ3n) is 4.22. The van der Waals surface area contributed by atoms with E-state index in [1.54, 1.807) is 0 Å². The molecule has 1 aromatic heterocycles. The van der Waals surface area contributed by atoms with E-state index in [1.165, 1.54) is 0 Å². The van der Waals surface area contributed by atoms with Gasteiger partial charge in [0.25, 0.3) is 0 Å². The molecule has 1 heterocycles. The number of halogens is 1. The van der Waals surface area contributed by atoms with Crippen molar-refractivity contribution >= 4 is 21.9 Å². The molecule has 6 heteroatoms. The first-order valence-electron chi connectivity index (χ1n) is 7.02. The number of hydrogen-bond donors (Lipinski definition) is 1. The van der Waals surface area contributed by atoms with Crippen molar-refractivity contribution in [3.63, 3.8) is 0 Å². The Morgan fingerprint density at radius 3 is 2.80 bits per heavy atom. The van der Waals surface area contributed by atoms with Gasteiger partial charge in [-0.3, -0.25) is 9.48 Å². The van der Waals surface area contributed by atoms with Crippen LogP contribution in [0, 0.1) is 13.8 Å². The van der Waals surface area contributed by atoms with Crippen LogP contribution in [0.15, 0.2) is 4.47 Å². The molecule has 0 saturated heterocycles. The molecule has 20 heavy (non-hydrogen) atoms. The Labute approximate surface area is 128 Å². The molecule has 112 valence electrons. The van der Waals surface area contributed by atoms with Crippen LogP contribution in [0.1, 0.15) is 43.6 Å². The fraction of sp³-hybridized carbons (Fsp3) is 0.714. The second-order valence-corrected chi connectivity index (χ2v) is 6.17. The van der Waals surface area contributed by atoms with Gasteiger partial charge in [0.05, 0.1) is 28.5 Å². The zero-order chi connectivity index (χ0) is 14.9. The van der Waals surface area contributed by atoms with Crippen LogP contribution in [0.25, 0.3) is 0 Å². The van der Waals surface area contributed by atoms with Crippen LogP contribution in [0.5, 0.6) is 0 Å². The first-order chi connectivity index (χ1) is 9.45. The molecule has 0 radical (unpaired) electrons. The summed E-state index contributed by atoms with van der Waals surface area (Å²) in [6.45, 7) is 6.29. The Kier molecular flexibility index (Phi) is 4.54. The maximum atomic E-state index is 12.2. The summed E-state index contributed by atoms with van der Waals surface area (Å²) in [5.41, 5.74) is 1.53. The molecule has 0 amide bonds. The number of hydrogen-bond acceptors (Lipinski definition) is 4. The van der Waals surface area contributed by atoms with Crippen molar-refractivity contribution in [2.75, 3.05) is 13.7 Å². The summed E-state index contributed by atoms with van der Waals surface area (Å²) >= 11 is 3.56. The quantitative estimate of drug-likeness (QED) is 0.853. The number of carbonyl (C=O) groups is 1. The maximum absolute atomic E-state index is 12.2. The minimum absolute atomic E-state index is 0.148. The van der Waals surface area contributed by atoms with Gasteiger partial charge in [0.1, 0.15) is 5.54 Å². The molecule has 0 aliphatic heterocycles. The smallest absolute Gasteiger partial charge is 0.326 e. The highest BCUT2D eigenvalue weighted by Gasteiger charge is 2.46. The molecule has 2 unspecified atom stereocenters. The van der Waals surface area contributed by atoms with E-state index in [1.807, 2.05) is 32.5 Å². The molecule has 1 N–H and O–H groups in total. The fourth-order valence-corrected chi connectivity index (χ4v) is 3.27. The number of esters is 1. The molecule has 2 atom stereocenters. The highest BCUT2D eigenvalue weighted by molar-refractivity contribution is 9.10. The molecule has 5 nitrogen and oxygen atoms in total. The van der Waals surface area contributed by atoms with E-state index in [0.717, 1.165) is 35.1 Å². The Hall–Kier alpha value is -0.880. The van der Waals surface area contributed by atoms with E-state index in [0.29, 0.717) is 6.61 Å². The molecule has 2 rings (SSSR count). The van der Waals surface area contributed by atoms with Crippen molar-refractivity contribution in [2.24, 2.45) is 0 Å². The van der Waals surface area contributed by atoms with Crippen LogP contribution in [-0.4, -0.2) is 34.9 Å². The fourth-order valence-electron chi connectivity index (χ4n) is 3.01. The van der Waals surface area contributed by atoms with Crippen LogP contribution in [0.2, 0.25) is 0 Å². The Morgan fingerprint density at radius 2 is 2.30 bits per heavy atom. The van der Waals surface area contributed by atoms with Crippen molar-refractivity contribution < 1.29 is 9.53 Å². The van der Waals surface area contributed by atoms with Crippen molar-refractivity contribution in [1.82, 2.24) is 15.1 Å². The van der Waals surface area contributed by atoms with E-state index in [9.17, 15) is 4.79 Å². The zero-order valence-electron chi connectivity index (χ0n) is 12.5. The Morgan fingerprint density at radius 1 is 1.60 bits per heavy atom. The predicted molar refractivity (Wildman–Crippen MR) is 80.7 cm³/mol. The predicted octanol–water partition coefficient (Wildman–Crippen LogP) is 2.51. The topological polar surface area (TPSA) is 56.1 Å². The summed E-state index contributed by atoms with van der Waals surface area (Å²) in [6.07, 6.45) is 2.42. The van der Waals surface area contributed by atoms with Gasteiger partial charge >= 0.3 is 5.97 Å². The molecular weight excluding hydrogens is 322 g/mol. The minimum atomic E-state index is -0.570. The molecular formula is C14H22BrN3O2. The lowest BCUT2D eigenvalue weighted by Crippen LogP contribution is -2.49. The molecule has 1 aliphatic rings. The first-order valence-corrected chi connectivity index (χ1v) is 7.82. The van der Waals surface area contributed by atoms with Gasteiger partial charge in [-0.05, 0) is 63.0 Å². The first kappa shape index (κ1) is 15.5. The molecule has 1 aromatic rings. The van der Waals surface area contributed by atoms with Crippen LogP contribution in [-0.2, 0) is 9.53 Å². The number of nitrogens with one attached hydrogen (secondary N) is 1. The Bertz CT molecular complexity index is 515. The van der Waals surface area contributed by atoms with E-state index in [-0.39, 0.29) is 12.0 Å². The summed E-state index contributed by atoms with van der Waals surface area (Å²) in [4.78, 5) is 12.2. The van der Waals surface area contributed by atoms with Crippen molar-refractivity contribution in [3.8, 4) is 0 Å². The van der Waals surface area contributed by atoms with Crippen molar-refractivity contribution in [1.29, 1.82) is 0 Å². The summed E-state index contributed by atoms with van der Waals surface area (Å²) in [6, 6.07) is 0.233. The molecule has 0 aromatic carbocycles. The number of aryl methyl sites for hydroxylation is 1. The summed E-state index contributed by atoms with van der Waals surface area (Å²) in [5.74, 6) is -0.148. The van der Waals surface area contributed by atoms with Crippen molar-refractivity contribution in [3.05, 3.63) is 15.9 Å². The lowest BCUT2D eigenvalue weighted by Gasteiger charge is -2.26. The number of rotatable bonds is 4. The van der Waals surface area contributed by atoms with E-state index >= 15 is 0 Å². The number of ether oxygens (including phenoxy) is 1. The van der Waals surface area contributed by atoms with Gasteiger partial charge in [-0.2, -0.15) is 5.10 Å². The van der Waals surface area contributed by atoms with Gasteiger partial charge in [0.15, 0.2) is 0 Å². The van der Waals surface area contributed by atoms with Crippen LogP contribution < -0.4 is 5.32 Å². The molecule has 1 saturated carbocycles. The van der Waals surface area contributed by atoms with Gasteiger partial charge in [-0.15, -0.1) is 0 Å². The average Bonchev–Trinajstić information content (AvgIpc) is 2.97. The molecule has 0 bridgehead atoms. The van der Waals surface area contributed by atoms with Gasteiger partial charge < -0.3 is 10.1 Å². The SMILES string of the molecule is CCOC(=O)C1(NC)CCC(n2nc(C)c(Br)c2C)C1. The highest BCUT2D eigenvalue weighted by atomic mass is 79.9. The highest BCUT2D eigenvalue weighted by Crippen LogP contribution is 2.39. The maximum Gasteiger partial charge on any atom is 0.326 e. The molecule has 1 aliphatic carbocycles. The summed E-state index contributed by atoms with van der Waals surface area (Å²) in [5, 5.41) is 7.76. The Balaban J connectivity index is 2.22. The number of aromatic nitrogens is 2. The summed E-state index contributed by atoms with van der Waals surface area (Å²) in [7, 11) is 1.83. The third-order valence-corrected chi connectivity index (χ3v) is 5.36. The van der Waals surface area contributed by atoms with Gasteiger partial charge in [-0.25, -0.2) is 0 Å². The normalized spacial score (nSPS) is 25.9. The van der Waals surface area contributed by atoms with Gasteiger partial charge in [0, 0.05) is 0 Å². The van der Waals surface area contributed by atoms with Crippen LogP contribution in [0.4, 0.5) is 0 Å². The van der Waals surface area contributed by atoms with E-state index in [2.05, 4.69) is 26.3 Å².